The van der Waals surface area contributed by atoms with Gasteiger partial charge in [0, 0.05) is 30.2 Å². The van der Waals surface area contributed by atoms with Crippen molar-refractivity contribution < 1.29 is 18.9 Å². The van der Waals surface area contributed by atoms with Crippen molar-refractivity contribution in [2.75, 3.05) is 26.4 Å². The molecule has 0 unspecified atom stereocenters. The van der Waals surface area contributed by atoms with Gasteiger partial charge in [-0.25, -0.2) is 0 Å². The number of fused-ring (bicyclic) bond motifs is 6. The van der Waals surface area contributed by atoms with Gasteiger partial charge in [-0.05, 0) is 55.3 Å². The molecule has 2 heterocycles. The molecule has 0 bridgehead atoms. The van der Waals surface area contributed by atoms with Crippen LogP contribution in [0.15, 0.2) is 23.3 Å². The summed E-state index contributed by atoms with van der Waals surface area (Å²) >= 11 is 6.18. The second kappa shape index (κ2) is 6.80. The van der Waals surface area contributed by atoms with Crippen molar-refractivity contribution in [2.24, 2.45) is 35.0 Å². The number of halogens is 1. The fourth-order valence-electron chi connectivity index (χ4n) is 8.36. The monoisotopic (exact) mass is 420 g/mol. The summed E-state index contributed by atoms with van der Waals surface area (Å²) in [6.45, 7) is 5.40. The van der Waals surface area contributed by atoms with Crippen molar-refractivity contribution >= 4 is 11.6 Å². The third kappa shape index (κ3) is 2.65. The smallest absolute Gasteiger partial charge is 0.174 e. The Bertz CT molecular complexity index is 720. The summed E-state index contributed by atoms with van der Waals surface area (Å²) in [6.07, 6.45) is 12.5. The summed E-state index contributed by atoms with van der Waals surface area (Å²) in [4.78, 5) is 0. The van der Waals surface area contributed by atoms with E-state index in [0.717, 1.165) is 58.5 Å². The van der Waals surface area contributed by atoms with Crippen molar-refractivity contribution in [1.29, 1.82) is 0 Å². The highest BCUT2D eigenvalue weighted by molar-refractivity contribution is 6.25. The zero-order chi connectivity index (χ0) is 19.7. The molecule has 0 amide bonds. The number of hydrogen-bond donors (Lipinski definition) is 0. The van der Waals surface area contributed by atoms with Crippen molar-refractivity contribution in [2.45, 2.75) is 63.4 Å². The van der Waals surface area contributed by atoms with Crippen molar-refractivity contribution in [3.8, 4) is 0 Å². The highest BCUT2D eigenvalue weighted by atomic mass is 35.5. The summed E-state index contributed by atoms with van der Waals surface area (Å²) in [5.41, 5.74) is 3.41. The molecule has 0 N–H and O–H groups in total. The van der Waals surface area contributed by atoms with Crippen LogP contribution in [0.4, 0.5) is 0 Å². The molecular formula is C24H33ClO4. The van der Waals surface area contributed by atoms with Crippen molar-refractivity contribution in [3.05, 3.63) is 23.3 Å². The lowest BCUT2D eigenvalue weighted by molar-refractivity contribution is -0.245. The van der Waals surface area contributed by atoms with Crippen LogP contribution in [0.1, 0.15) is 51.9 Å². The Morgan fingerprint density at radius 1 is 1.03 bits per heavy atom. The molecule has 2 aliphatic heterocycles. The van der Waals surface area contributed by atoms with Gasteiger partial charge in [0.15, 0.2) is 11.6 Å². The molecular weight excluding hydrogens is 388 g/mol. The maximum atomic E-state index is 6.32. The van der Waals surface area contributed by atoms with Gasteiger partial charge in [-0.2, -0.15) is 0 Å². The normalized spacial score (nSPS) is 47.4. The van der Waals surface area contributed by atoms with Gasteiger partial charge in [-0.15, -0.1) is 0 Å². The Kier molecular flexibility index (Phi) is 4.53. The van der Waals surface area contributed by atoms with E-state index in [1.807, 2.05) is 0 Å². The molecule has 4 aliphatic carbocycles. The van der Waals surface area contributed by atoms with Crippen molar-refractivity contribution in [1.82, 2.24) is 0 Å². The fourth-order valence-corrected chi connectivity index (χ4v) is 8.55. The molecule has 29 heavy (non-hydrogen) atoms. The highest BCUT2D eigenvalue weighted by Crippen LogP contribution is 2.68. The van der Waals surface area contributed by atoms with E-state index in [4.69, 9.17) is 30.5 Å². The Morgan fingerprint density at radius 3 is 2.55 bits per heavy atom. The molecule has 0 aromatic heterocycles. The lowest BCUT2D eigenvalue weighted by Crippen LogP contribution is -2.56. The summed E-state index contributed by atoms with van der Waals surface area (Å²) in [5.74, 6) is 2.43. The van der Waals surface area contributed by atoms with Crippen LogP contribution in [0.5, 0.6) is 0 Å². The first-order chi connectivity index (χ1) is 14.1. The second-order valence-electron chi connectivity index (χ2n) is 10.4. The van der Waals surface area contributed by atoms with E-state index in [-0.39, 0.29) is 17.0 Å². The van der Waals surface area contributed by atoms with E-state index < -0.39 is 0 Å². The largest absolute Gasteiger partial charge is 0.347 e. The van der Waals surface area contributed by atoms with Gasteiger partial charge >= 0.3 is 0 Å². The molecule has 0 aromatic carbocycles. The van der Waals surface area contributed by atoms with E-state index in [1.165, 1.54) is 12.8 Å². The quantitative estimate of drug-likeness (QED) is 0.558. The summed E-state index contributed by atoms with van der Waals surface area (Å²) < 4.78 is 24.8. The van der Waals surface area contributed by atoms with Gasteiger partial charge in [-0.3, -0.25) is 0 Å². The maximum Gasteiger partial charge on any atom is 0.174 e. The number of allylic oxidation sites excluding steroid dienone is 2. The zero-order valence-corrected chi connectivity index (χ0v) is 18.2. The first kappa shape index (κ1) is 19.3. The highest BCUT2D eigenvalue weighted by Gasteiger charge is 2.67. The van der Waals surface area contributed by atoms with E-state index in [2.05, 4.69) is 19.1 Å². The second-order valence-corrected chi connectivity index (χ2v) is 10.6. The minimum Gasteiger partial charge on any atom is -0.347 e. The van der Waals surface area contributed by atoms with Crippen LogP contribution in [0.2, 0.25) is 0 Å². The fraction of sp³-hybridized carbons (Fsp3) is 0.833. The molecule has 2 saturated heterocycles. The molecule has 5 heteroatoms. The SMILES string of the molecule is C[C@]12C[C@H](/C=C/Cl)[C@H]3[C@@H](CC=C4CC5(CC[C@@H]43)OCCO5)[C@@H]1CCC21OCCO1. The molecule has 160 valence electrons. The zero-order valence-electron chi connectivity index (χ0n) is 17.4. The minimum absolute atomic E-state index is 0.0740. The molecule has 4 nitrogen and oxygen atoms in total. The summed E-state index contributed by atoms with van der Waals surface area (Å²) in [7, 11) is 0. The number of ether oxygens (including phenoxy) is 4. The predicted octanol–water partition coefficient (Wildman–Crippen LogP) is 5.02. The van der Waals surface area contributed by atoms with Crippen LogP contribution in [-0.4, -0.2) is 38.0 Å². The van der Waals surface area contributed by atoms with Gasteiger partial charge in [0.05, 0.1) is 26.4 Å². The van der Waals surface area contributed by atoms with Gasteiger partial charge in [0.2, 0.25) is 0 Å². The van der Waals surface area contributed by atoms with Crippen molar-refractivity contribution in [3.63, 3.8) is 0 Å². The topological polar surface area (TPSA) is 36.9 Å². The van der Waals surface area contributed by atoms with Gasteiger partial charge in [-0.1, -0.05) is 36.2 Å². The number of hydrogen-bond acceptors (Lipinski definition) is 4. The first-order valence-electron chi connectivity index (χ1n) is 11.6. The molecule has 3 saturated carbocycles. The average molecular weight is 421 g/mol. The Balaban J connectivity index is 1.35. The van der Waals surface area contributed by atoms with Gasteiger partial charge in [0.25, 0.3) is 0 Å². The minimum atomic E-state index is -0.368. The summed E-state index contributed by atoms with van der Waals surface area (Å²) in [5, 5.41) is 0. The Hall–Kier alpha value is -0.390. The van der Waals surface area contributed by atoms with E-state index in [0.29, 0.717) is 29.6 Å². The summed E-state index contributed by atoms with van der Waals surface area (Å²) in [6, 6.07) is 0. The molecule has 6 atom stereocenters. The molecule has 0 aromatic rings. The van der Waals surface area contributed by atoms with E-state index >= 15 is 0 Å². The Labute approximate surface area is 178 Å². The predicted molar refractivity (Wildman–Crippen MR) is 110 cm³/mol. The lowest BCUT2D eigenvalue weighted by Gasteiger charge is -2.58. The third-order valence-electron chi connectivity index (χ3n) is 9.43. The standard InChI is InChI=1S/C24H33ClO4/c1-22-14-17(6-9-25)21-18-4-7-23(26-10-11-27-23)15-16(18)2-3-19(21)20(22)5-8-24(22)28-12-13-29-24/h2,6,9,17-21H,3-5,7-8,10-15H2,1H3/b9-6+/t17-,18-,19-,20-,21+,22-/m0/s1. The lowest BCUT2D eigenvalue weighted by atomic mass is 9.49. The van der Waals surface area contributed by atoms with Crippen LogP contribution in [0, 0.1) is 35.0 Å². The Morgan fingerprint density at radius 2 is 1.79 bits per heavy atom. The first-order valence-corrected chi connectivity index (χ1v) is 12.1. The average Bonchev–Trinajstić information content (AvgIpc) is 3.44. The molecule has 0 radical (unpaired) electrons. The molecule has 6 rings (SSSR count). The third-order valence-corrected chi connectivity index (χ3v) is 9.57. The molecule has 5 fully saturated rings. The van der Waals surface area contributed by atoms with Gasteiger partial charge < -0.3 is 18.9 Å². The van der Waals surface area contributed by atoms with Crippen LogP contribution in [0.3, 0.4) is 0 Å². The van der Waals surface area contributed by atoms with Gasteiger partial charge in [0.1, 0.15) is 0 Å². The van der Waals surface area contributed by atoms with E-state index in [1.54, 1.807) is 11.1 Å². The molecule has 6 aliphatic rings. The van der Waals surface area contributed by atoms with Crippen LogP contribution >= 0.6 is 11.6 Å². The number of rotatable bonds is 1. The van der Waals surface area contributed by atoms with Crippen LogP contribution in [-0.2, 0) is 18.9 Å². The van der Waals surface area contributed by atoms with Crippen LogP contribution in [0.25, 0.3) is 0 Å². The van der Waals surface area contributed by atoms with E-state index in [9.17, 15) is 0 Å². The van der Waals surface area contributed by atoms with Crippen LogP contribution < -0.4 is 0 Å². The molecule has 2 spiro atoms. The maximum absolute atomic E-state index is 6.32.